The van der Waals surface area contributed by atoms with E-state index in [2.05, 4.69) is 36.7 Å². The van der Waals surface area contributed by atoms with E-state index in [0.717, 1.165) is 29.9 Å². The quantitative estimate of drug-likeness (QED) is 0.315. The van der Waals surface area contributed by atoms with Crippen LogP contribution >= 0.6 is 11.3 Å². The van der Waals surface area contributed by atoms with Gasteiger partial charge < -0.3 is 10.6 Å². The van der Waals surface area contributed by atoms with Crippen molar-refractivity contribution < 1.29 is 18.9 Å². The van der Waals surface area contributed by atoms with Gasteiger partial charge in [0.25, 0.3) is 0 Å². The minimum absolute atomic E-state index is 0. The van der Waals surface area contributed by atoms with Gasteiger partial charge in [-0.1, -0.05) is 5.92 Å². The molecule has 0 aliphatic heterocycles. The van der Waals surface area contributed by atoms with Crippen LogP contribution in [0.4, 0.5) is 11.6 Å². The Balaban J connectivity index is 0.00000306. The van der Waals surface area contributed by atoms with Crippen LogP contribution in [0.25, 0.3) is 10.7 Å². The first-order valence-corrected chi connectivity index (χ1v) is 12.6. The molecule has 0 bridgehead atoms. The van der Waals surface area contributed by atoms with Gasteiger partial charge in [-0.3, -0.25) is 9.89 Å². The molecule has 3 aromatic rings. The number of sulfone groups is 1. The molecule has 1 aliphatic rings. The van der Waals surface area contributed by atoms with E-state index < -0.39 is 9.84 Å². The van der Waals surface area contributed by atoms with Crippen molar-refractivity contribution >= 4 is 38.7 Å². The van der Waals surface area contributed by atoms with Crippen molar-refractivity contribution in [2.75, 3.05) is 17.6 Å². The lowest BCUT2D eigenvalue weighted by molar-refractivity contribution is -0.118. The lowest BCUT2D eigenvalue weighted by Crippen LogP contribution is -2.22. The van der Waals surface area contributed by atoms with Crippen LogP contribution in [-0.2, 0) is 14.6 Å². The third kappa shape index (κ3) is 5.15. The summed E-state index contributed by atoms with van der Waals surface area (Å²) in [7, 11) is -3.47. The van der Waals surface area contributed by atoms with Crippen molar-refractivity contribution in [3.63, 3.8) is 0 Å². The molecular formula is C21H30N6O3S2. The molecule has 9 nitrogen and oxygen atoms in total. The minimum atomic E-state index is -3.47. The van der Waals surface area contributed by atoms with Crippen molar-refractivity contribution in [2.24, 2.45) is 0 Å². The smallest absolute Gasteiger partial charge is 0.216 e. The number of anilines is 2. The summed E-state index contributed by atoms with van der Waals surface area (Å²) in [5.41, 5.74) is 1.56. The fourth-order valence-electron chi connectivity index (χ4n) is 3.06. The maximum Gasteiger partial charge on any atom is 0.216 e. The molecule has 1 aliphatic carbocycles. The van der Waals surface area contributed by atoms with Crippen molar-refractivity contribution in [1.82, 2.24) is 25.5 Å². The number of hydrogen-bond acceptors (Lipinski definition) is 8. The summed E-state index contributed by atoms with van der Waals surface area (Å²) in [6, 6.07) is 5.17. The molecule has 0 unspecified atom stereocenters. The lowest BCUT2D eigenvalue weighted by atomic mass is 10.3. The lowest BCUT2D eigenvalue weighted by Gasteiger charge is -2.06. The third-order valence-corrected chi connectivity index (χ3v) is 8.34. The van der Waals surface area contributed by atoms with Crippen LogP contribution in [0.2, 0.25) is 0 Å². The summed E-state index contributed by atoms with van der Waals surface area (Å²) in [5.74, 6) is 4.26. The molecule has 0 aromatic carbocycles. The van der Waals surface area contributed by atoms with Gasteiger partial charge in [-0.05, 0) is 31.4 Å². The number of carbonyl (C=O) groups excluding carboxylic acids is 1. The Morgan fingerprint density at radius 3 is 2.94 bits per heavy atom. The van der Waals surface area contributed by atoms with Crippen molar-refractivity contribution in [3.8, 4) is 23.0 Å². The number of H-pyrrole nitrogens is 1. The second-order valence-corrected chi connectivity index (χ2v) is 10.9. The average Bonchev–Trinajstić information content (AvgIpc) is 3.29. The third-order valence-electron chi connectivity index (χ3n) is 4.88. The van der Waals surface area contributed by atoms with Gasteiger partial charge in [0.1, 0.15) is 4.21 Å². The van der Waals surface area contributed by atoms with E-state index in [1.807, 2.05) is 6.07 Å². The molecule has 0 spiro atoms. The molecule has 0 atom stereocenters. The maximum atomic E-state index is 12.6. The molecule has 4 rings (SSSR count). The van der Waals surface area contributed by atoms with Crippen molar-refractivity contribution in [1.29, 1.82) is 0 Å². The molecule has 0 saturated heterocycles. The van der Waals surface area contributed by atoms with Crippen molar-refractivity contribution in [2.45, 2.75) is 36.3 Å². The predicted molar refractivity (Wildman–Crippen MR) is 131 cm³/mol. The van der Waals surface area contributed by atoms with E-state index in [1.165, 1.54) is 13.1 Å². The van der Waals surface area contributed by atoms with Crippen LogP contribution in [0, 0.1) is 12.3 Å². The Labute approximate surface area is 195 Å². The molecule has 3 heterocycles. The summed E-state index contributed by atoms with van der Waals surface area (Å²) in [5, 5.41) is 13.0. The van der Waals surface area contributed by atoms with Gasteiger partial charge in [0.2, 0.25) is 5.91 Å². The average molecular weight is 479 g/mol. The highest BCUT2D eigenvalue weighted by Gasteiger charge is 2.25. The predicted octanol–water partition coefficient (Wildman–Crippen LogP) is 3.81. The van der Waals surface area contributed by atoms with Gasteiger partial charge in [0, 0.05) is 43.1 Å². The van der Waals surface area contributed by atoms with Crippen molar-refractivity contribution in [3.05, 3.63) is 35.7 Å². The number of nitrogens with one attached hydrogen (secondary N) is 3. The number of aromatic nitrogens is 4. The zero-order valence-electron chi connectivity index (χ0n) is 17.4. The first-order valence-electron chi connectivity index (χ1n) is 10.1. The Morgan fingerprint density at radius 2 is 2.22 bits per heavy atom. The normalized spacial score (nSPS) is 13.5. The number of terminal acetylenes is 1. The van der Waals surface area contributed by atoms with Crippen LogP contribution in [-0.4, -0.2) is 46.8 Å². The molecule has 1 amide bonds. The second-order valence-electron chi connectivity index (χ2n) is 7.48. The number of aromatic amines is 1. The number of nitrogens with zero attached hydrogens (tertiary/aromatic N) is 3. The number of carbonyl (C=O) groups is 1. The van der Waals surface area contributed by atoms with Crippen LogP contribution in [0.5, 0.6) is 0 Å². The van der Waals surface area contributed by atoms with Crippen LogP contribution < -0.4 is 10.6 Å². The first-order chi connectivity index (χ1) is 15.4. The fraction of sp³-hybridized carbons (Fsp3) is 0.333. The Hall–Kier alpha value is -3.23. The maximum absolute atomic E-state index is 12.6. The fourth-order valence-corrected chi connectivity index (χ4v) is 5.77. The van der Waals surface area contributed by atoms with Crippen LogP contribution in [0.3, 0.4) is 0 Å². The molecule has 3 aromatic heterocycles. The van der Waals surface area contributed by atoms with E-state index in [1.54, 1.807) is 12.1 Å². The molecule has 1 fully saturated rings. The van der Waals surface area contributed by atoms with E-state index >= 15 is 0 Å². The van der Waals surface area contributed by atoms with Gasteiger partial charge in [-0.2, -0.15) is 5.10 Å². The van der Waals surface area contributed by atoms with Gasteiger partial charge in [0.05, 0.1) is 16.2 Å². The number of hydrogen-bond donors (Lipinski definition) is 3. The topological polar surface area (TPSA) is 130 Å². The molecular weight excluding hydrogens is 448 g/mol. The summed E-state index contributed by atoms with van der Waals surface area (Å²) in [4.78, 5) is 20.4. The van der Waals surface area contributed by atoms with E-state index in [4.69, 9.17) is 6.42 Å². The molecule has 0 radical (unpaired) electrons. The van der Waals surface area contributed by atoms with Gasteiger partial charge in [-0.25, -0.2) is 18.4 Å². The summed E-state index contributed by atoms with van der Waals surface area (Å²) in [6.07, 6.45) is 9.77. The van der Waals surface area contributed by atoms with Gasteiger partial charge >= 0.3 is 0 Å². The SMILES string of the molecule is C#Cc1cnc(-c2ccc(S(=O)(=O)CCCNC(C)=O)s2)nc1Nc1cc(C2CC2)[nH]n1.[HH].[HH].[HH].[HH]. The number of amides is 1. The molecule has 174 valence electrons. The molecule has 11 heteroatoms. The van der Waals surface area contributed by atoms with Gasteiger partial charge in [-0.15, -0.1) is 17.8 Å². The zero-order valence-corrected chi connectivity index (χ0v) is 19.0. The standard InChI is InChI=1S/C21H22N6O3S2.4H2/c1-3-14-12-23-21(25-20(14)24-18-11-16(26-27-18)15-5-6-15)17-7-8-19(31-17)32(29,30)10-4-9-22-13(2)28;;;;/h1,7-8,11-12,15H,4-6,9-10H2,2H3,(H,22,28)(H2,23,24,25,26,27);4*1H. The Kier molecular flexibility index (Phi) is 6.25. The number of rotatable bonds is 9. The summed E-state index contributed by atoms with van der Waals surface area (Å²) in [6.45, 7) is 1.71. The highest BCUT2D eigenvalue weighted by Crippen LogP contribution is 2.39. The second kappa shape index (κ2) is 9.10. The van der Waals surface area contributed by atoms with E-state index in [-0.39, 0.29) is 21.6 Å². The molecule has 3 N–H and O–H groups in total. The molecule has 32 heavy (non-hydrogen) atoms. The summed E-state index contributed by atoms with van der Waals surface area (Å²) < 4.78 is 25.4. The highest BCUT2D eigenvalue weighted by atomic mass is 32.2. The zero-order chi connectivity index (χ0) is 22.7. The van der Waals surface area contributed by atoms with E-state index in [9.17, 15) is 13.2 Å². The Bertz CT molecular complexity index is 1300. The van der Waals surface area contributed by atoms with Gasteiger partial charge in [0.15, 0.2) is 27.3 Å². The Morgan fingerprint density at radius 1 is 1.41 bits per heavy atom. The minimum Gasteiger partial charge on any atom is -0.356 e. The largest absolute Gasteiger partial charge is 0.356 e. The first kappa shape index (κ1) is 22.0. The van der Waals surface area contributed by atoms with Crippen LogP contribution in [0.1, 0.15) is 49.1 Å². The number of thiophene rings is 1. The molecule has 1 saturated carbocycles. The van der Waals surface area contributed by atoms with Crippen LogP contribution in [0.15, 0.2) is 28.6 Å². The highest BCUT2D eigenvalue weighted by molar-refractivity contribution is 7.93. The van der Waals surface area contributed by atoms with E-state index in [0.29, 0.717) is 46.8 Å². The summed E-state index contributed by atoms with van der Waals surface area (Å²) >= 11 is 1.10. The monoisotopic (exact) mass is 478 g/mol.